The van der Waals surface area contributed by atoms with E-state index in [4.69, 9.17) is 5.11 Å². The summed E-state index contributed by atoms with van der Waals surface area (Å²) in [5, 5.41) is 8.43. The molecular formula is C12H13F3O2S2. The Morgan fingerprint density at radius 3 is 2.58 bits per heavy atom. The highest BCUT2D eigenvalue weighted by atomic mass is 32.2. The Labute approximate surface area is 117 Å². The summed E-state index contributed by atoms with van der Waals surface area (Å²) in [6.45, 7) is 0. The van der Waals surface area contributed by atoms with Crippen LogP contribution in [0.15, 0.2) is 29.2 Å². The largest absolute Gasteiger partial charge is 0.481 e. The van der Waals surface area contributed by atoms with Gasteiger partial charge in [-0.1, -0.05) is 6.07 Å². The molecule has 1 aromatic rings. The molecule has 2 nitrogen and oxygen atoms in total. The number of alkyl halides is 3. The van der Waals surface area contributed by atoms with E-state index in [0.717, 1.165) is 12.1 Å². The lowest BCUT2D eigenvalue weighted by Gasteiger charge is -2.08. The minimum absolute atomic E-state index is 0.110. The summed E-state index contributed by atoms with van der Waals surface area (Å²) in [5.41, 5.74) is -0.643. The maximum Gasteiger partial charge on any atom is 0.416 e. The molecule has 0 heterocycles. The van der Waals surface area contributed by atoms with Gasteiger partial charge in [-0.2, -0.15) is 24.9 Å². The van der Waals surface area contributed by atoms with Crippen molar-refractivity contribution in [2.75, 3.05) is 17.3 Å². The van der Waals surface area contributed by atoms with Gasteiger partial charge in [-0.3, -0.25) is 4.79 Å². The van der Waals surface area contributed by atoms with Crippen LogP contribution < -0.4 is 0 Å². The van der Waals surface area contributed by atoms with E-state index in [9.17, 15) is 18.0 Å². The summed E-state index contributed by atoms with van der Waals surface area (Å²) in [4.78, 5) is 10.8. The van der Waals surface area contributed by atoms with Crippen molar-refractivity contribution in [3.8, 4) is 0 Å². The maximum absolute atomic E-state index is 12.5. The number of hydrogen-bond acceptors (Lipinski definition) is 3. The number of carbonyl (C=O) groups is 1. The molecule has 19 heavy (non-hydrogen) atoms. The number of thioether (sulfide) groups is 2. The number of halogens is 3. The second-order valence-electron chi connectivity index (χ2n) is 3.63. The Bertz CT molecular complexity index is 422. The van der Waals surface area contributed by atoms with Gasteiger partial charge in [0.2, 0.25) is 0 Å². The summed E-state index contributed by atoms with van der Waals surface area (Å²) in [7, 11) is 0. The van der Waals surface area contributed by atoms with Gasteiger partial charge in [0.05, 0.1) is 12.0 Å². The second-order valence-corrected chi connectivity index (χ2v) is 6.02. The fourth-order valence-electron chi connectivity index (χ4n) is 1.24. The van der Waals surface area contributed by atoms with Gasteiger partial charge in [0, 0.05) is 22.2 Å². The van der Waals surface area contributed by atoms with Crippen LogP contribution in [0.5, 0.6) is 0 Å². The number of rotatable bonds is 7. The van der Waals surface area contributed by atoms with Gasteiger partial charge in [-0.25, -0.2) is 0 Å². The molecular weight excluding hydrogens is 297 g/mol. The molecule has 0 saturated carbocycles. The Morgan fingerprint density at radius 2 is 1.95 bits per heavy atom. The van der Waals surface area contributed by atoms with Gasteiger partial charge in [-0.15, -0.1) is 11.8 Å². The third-order valence-electron chi connectivity index (χ3n) is 2.12. The molecule has 1 N–H and O–H groups in total. The van der Waals surface area contributed by atoms with Gasteiger partial charge < -0.3 is 5.11 Å². The van der Waals surface area contributed by atoms with Gasteiger partial charge in [0.25, 0.3) is 0 Å². The molecule has 1 rings (SSSR count). The lowest BCUT2D eigenvalue weighted by atomic mass is 10.2. The summed E-state index contributed by atoms with van der Waals surface area (Å²) >= 11 is 2.83. The number of carboxylic acids is 1. The Morgan fingerprint density at radius 1 is 1.21 bits per heavy atom. The molecule has 0 atom stereocenters. The Balaban J connectivity index is 2.32. The lowest BCUT2D eigenvalue weighted by Crippen LogP contribution is -2.04. The van der Waals surface area contributed by atoms with Gasteiger partial charge in [0.1, 0.15) is 0 Å². The van der Waals surface area contributed by atoms with Gasteiger partial charge in [0.15, 0.2) is 0 Å². The molecule has 0 spiro atoms. The molecule has 7 heteroatoms. The van der Waals surface area contributed by atoms with Crippen molar-refractivity contribution in [1.29, 1.82) is 0 Å². The van der Waals surface area contributed by atoms with Crippen molar-refractivity contribution >= 4 is 29.5 Å². The van der Waals surface area contributed by atoms with E-state index >= 15 is 0 Å². The van der Waals surface area contributed by atoms with E-state index in [1.807, 2.05) is 0 Å². The number of carboxylic acid groups (broad SMARTS) is 1. The van der Waals surface area contributed by atoms with E-state index in [2.05, 4.69) is 0 Å². The SMILES string of the molecule is O=C(O)CCSCCSc1cccc(C(F)(F)F)c1. The molecule has 106 valence electrons. The van der Waals surface area contributed by atoms with Crippen LogP contribution >= 0.6 is 23.5 Å². The van der Waals surface area contributed by atoms with Crippen molar-refractivity contribution in [1.82, 2.24) is 0 Å². The quantitative estimate of drug-likeness (QED) is 0.610. The minimum Gasteiger partial charge on any atom is -0.481 e. The fraction of sp³-hybridized carbons (Fsp3) is 0.417. The van der Waals surface area contributed by atoms with Crippen molar-refractivity contribution in [2.45, 2.75) is 17.5 Å². The molecule has 0 aliphatic heterocycles. The Hall–Kier alpha value is -0.820. The van der Waals surface area contributed by atoms with E-state index in [-0.39, 0.29) is 6.42 Å². The zero-order valence-corrected chi connectivity index (χ0v) is 11.6. The number of benzene rings is 1. The first-order valence-electron chi connectivity index (χ1n) is 5.49. The smallest absolute Gasteiger partial charge is 0.416 e. The molecule has 0 saturated heterocycles. The van der Waals surface area contributed by atoms with Crippen molar-refractivity contribution < 1.29 is 23.1 Å². The monoisotopic (exact) mass is 310 g/mol. The van der Waals surface area contributed by atoms with E-state index in [1.165, 1.54) is 29.6 Å². The van der Waals surface area contributed by atoms with Crippen LogP contribution in [0.2, 0.25) is 0 Å². The topological polar surface area (TPSA) is 37.3 Å². The van der Waals surface area contributed by atoms with Crippen LogP contribution in [0.25, 0.3) is 0 Å². The first-order chi connectivity index (χ1) is 8.89. The van der Waals surface area contributed by atoms with Crippen molar-refractivity contribution in [3.63, 3.8) is 0 Å². The fourth-order valence-corrected chi connectivity index (χ4v) is 3.19. The van der Waals surface area contributed by atoms with Crippen LogP contribution in [-0.4, -0.2) is 28.3 Å². The maximum atomic E-state index is 12.5. The summed E-state index contributed by atoms with van der Waals surface area (Å²) in [6.07, 6.45) is -4.20. The zero-order valence-electron chi connectivity index (χ0n) is 9.94. The predicted octanol–water partition coefficient (Wildman–Crippen LogP) is 4.01. The van der Waals surface area contributed by atoms with Crippen LogP contribution in [0.3, 0.4) is 0 Å². The highest BCUT2D eigenvalue weighted by Crippen LogP contribution is 2.31. The standard InChI is InChI=1S/C12H13F3O2S2/c13-12(14,15)9-2-1-3-10(8-9)19-7-6-18-5-4-11(16)17/h1-3,8H,4-7H2,(H,16,17). The molecule has 0 bridgehead atoms. The molecule has 0 aliphatic rings. The number of hydrogen-bond donors (Lipinski definition) is 1. The summed E-state index contributed by atoms with van der Waals surface area (Å²) < 4.78 is 37.4. The van der Waals surface area contributed by atoms with Crippen LogP contribution in [0, 0.1) is 0 Å². The highest BCUT2D eigenvalue weighted by molar-refractivity contribution is 8.02. The molecule has 1 aromatic carbocycles. The first-order valence-corrected chi connectivity index (χ1v) is 7.63. The lowest BCUT2D eigenvalue weighted by molar-refractivity contribution is -0.138. The van der Waals surface area contributed by atoms with E-state index in [0.29, 0.717) is 22.2 Å². The van der Waals surface area contributed by atoms with Gasteiger partial charge >= 0.3 is 12.1 Å². The van der Waals surface area contributed by atoms with Crippen molar-refractivity contribution in [3.05, 3.63) is 29.8 Å². The molecule has 0 amide bonds. The molecule has 0 aliphatic carbocycles. The van der Waals surface area contributed by atoms with E-state index < -0.39 is 17.7 Å². The Kier molecular flexibility index (Phi) is 6.57. The zero-order chi connectivity index (χ0) is 14.3. The highest BCUT2D eigenvalue weighted by Gasteiger charge is 2.30. The minimum atomic E-state index is -4.31. The van der Waals surface area contributed by atoms with Crippen LogP contribution in [0.1, 0.15) is 12.0 Å². The second kappa shape index (κ2) is 7.69. The van der Waals surface area contributed by atoms with Gasteiger partial charge in [-0.05, 0) is 18.2 Å². The average molecular weight is 310 g/mol. The molecule has 0 unspecified atom stereocenters. The molecule has 0 fully saturated rings. The first kappa shape index (κ1) is 16.2. The van der Waals surface area contributed by atoms with Crippen molar-refractivity contribution in [2.24, 2.45) is 0 Å². The number of aliphatic carboxylic acids is 1. The normalized spacial score (nSPS) is 11.5. The van der Waals surface area contributed by atoms with E-state index in [1.54, 1.807) is 6.07 Å². The molecule has 0 aromatic heterocycles. The predicted molar refractivity (Wildman–Crippen MR) is 71.7 cm³/mol. The third-order valence-corrected chi connectivity index (χ3v) is 4.36. The third kappa shape index (κ3) is 6.77. The summed E-state index contributed by atoms with van der Waals surface area (Å²) in [5.74, 6) is 1.07. The van der Waals surface area contributed by atoms with Crippen LogP contribution in [0.4, 0.5) is 13.2 Å². The molecule has 0 radical (unpaired) electrons. The average Bonchev–Trinajstić information content (AvgIpc) is 2.32. The summed E-state index contributed by atoms with van der Waals surface area (Å²) in [6, 6.07) is 5.21. The van der Waals surface area contributed by atoms with Crippen LogP contribution in [-0.2, 0) is 11.0 Å².